The smallest absolute Gasteiger partial charge is 0.240 e. The number of benzene rings is 1. The van der Waals surface area contributed by atoms with Crippen LogP contribution in [0.5, 0.6) is 0 Å². The van der Waals surface area contributed by atoms with Crippen LogP contribution in [-0.4, -0.2) is 30.4 Å². The third kappa shape index (κ3) is 3.62. The first kappa shape index (κ1) is 14.6. The summed E-state index contributed by atoms with van der Waals surface area (Å²) in [6.45, 7) is 3.53. The van der Waals surface area contributed by atoms with Crippen LogP contribution >= 0.6 is 23.2 Å². The van der Waals surface area contributed by atoms with E-state index < -0.39 is 0 Å². The zero-order chi connectivity index (χ0) is 14.0. The predicted octanol–water partition coefficient (Wildman–Crippen LogP) is 2.95. The molecule has 1 saturated heterocycles. The van der Waals surface area contributed by atoms with Crippen molar-refractivity contribution in [3.63, 3.8) is 0 Å². The molecule has 1 fully saturated rings. The van der Waals surface area contributed by atoms with Crippen molar-refractivity contribution >= 4 is 29.1 Å². The van der Waals surface area contributed by atoms with Crippen LogP contribution in [0.3, 0.4) is 0 Å². The van der Waals surface area contributed by atoms with Gasteiger partial charge in [-0.05, 0) is 42.6 Å². The van der Waals surface area contributed by atoms with E-state index in [2.05, 4.69) is 12.2 Å². The number of rotatable bonds is 3. The molecule has 2 unspecified atom stereocenters. The number of carbonyl (C=O) groups is 1. The lowest BCUT2D eigenvalue weighted by molar-refractivity contribution is -0.133. The Labute approximate surface area is 123 Å². The zero-order valence-electron chi connectivity index (χ0n) is 11.1. The zero-order valence-corrected chi connectivity index (χ0v) is 12.6. The van der Waals surface area contributed by atoms with Crippen molar-refractivity contribution in [2.24, 2.45) is 5.92 Å². The second kappa shape index (κ2) is 6.12. The van der Waals surface area contributed by atoms with Gasteiger partial charge in [0.15, 0.2) is 0 Å². The molecule has 1 aromatic rings. The Morgan fingerprint density at radius 1 is 1.37 bits per heavy atom. The van der Waals surface area contributed by atoms with Gasteiger partial charge in [-0.15, -0.1) is 0 Å². The fourth-order valence-corrected chi connectivity index (χ4v) is 3.03. The van der Waals surface area contributed by atoms with Gasteiger partial charge in [0, 0.05) is 23.6 Å². The first-order valence-corrected chi connectivity index (χ1v) is 7.16. The number of hydrogen-bond donors (Lipinski definition) is 1. The first-order chi connectivity index (χ1) is 8.97. The highest BCUT2D eigenvalue weighted by atomic mass is 35.5. The summed E-state index contributed by atoms with van der Waals surface area (Å²) in [5.41, 5.74) is 0.944. The van der Waals surface area contributed by atoms with Crippen molar-refractivity contribution in [2.75, 3.05) is 13.6 Å². The van der Waals surface area contributed by atoms with E-state index in [0.717, 1.165) is 18.5 Å². The molecule has 2 rings (SSSR count). The van der Waals surface area contributed by atoms with E-state index in [9.17, 15) is 4.79 Å². The Hall–Kier alpha value is -0.770. The van der Waals surface area contributed by atoms with Crippen molar-refractivity contribution in [1.82, 2.24) is 10.2 Å². The molecule has 0 saturated carbocycles. The summed E-state index contributed by atoms with van der Waals surface area (Å²) in [5, 5.41) is 4.44. The summed E-state index contributed by atoms with van der Waals surface area (Å²) in [7, 11) is 1.81. The first-order valence-electron chi connectivity index (χ1n) is 6.40. The van der Waals surface area contributed by atoms with Crippen LogP contribution < -0.4 is 5.32 Å². The standard InChI is InChI=1S/C14H18Cl2N2O/c1-9-3-4-17-13(9)14(19)18(2)8-10-5-11(15)7-12(16)6-10/h5-7,9,13,17H,3-4,8H2,1-2H3. The van der Waals surface area contributed by atoms with E-state index in [1.165, 1.54) is 0 Å². The molecule has 1 aliphatic rings. The van der Waals surface area contributed by atoms with Crippen LogP contribution in [0.25, 0.3) is 0 Å². The lowest BCUT2D eigenvalue weighted by atomic mass is 10.0. The van der Waals surface area contributed by atoms with Gasteiger partial charge < -0.3 is 10.2 Å². The van der Waals surface area contributed by atoms with Crippen LogP contribution in [0.1, 0.15) is 18.9 Å². The van der Waals surface area contributed by atoms with E-state index in [0.29, 0.717) is 22.5 Å². The van der Waals surface area contributed by atoms with E-state index in [4.69, 9.17) is 23.2 Å². The van der Waals surface area contributed by atoms with Crippen LogP contribution in [0, 0.1) is 5.92 Å². The normalized spacial score (nSPS) is 22.5. The minimum atomic E-state index is -0.0698. The summed E-state index contributed by atoms with van der Waals surface area (Å²) >= 11 is 11.9. The number of nitrogens with one attached hydrogen (secondary N) is 1. The molecule has 0 radical (unpaired) electrons. The van der Waals surface area contributed by atoms with Crippen LogP contribution in [0.2, 0.25) is 10.0 Å². The molecule has 1 amide bonds. The molecule has 1 heterocycles. The maximum Gasteiger partial charge on any atom is 0.240 e. The molecular weight excluding hydrogens is 283 g/mol. The topological polar surface area (TPSA) is 32.3 Å². The minimum Gasteiger partial charge on any atom is -0.340 e. The van der Waals surface area contributed by atoms with Crippen molar-refractivity contribution < 1.29 is 4.79 Å². The molecule has 5 heteroatoms. The number of amides is 1. The Kier molecular flexibility index (Phi) is 4.71. The van der Waals surface area contributed by atoms with Gasteiger partial charge in [0.2, 0.25) is 5.91 Å². The molecule has 1 aromatic carbocycles. The van der Waals surface area contributed by atoms with Gasteiger partial charge in [0.25, 0.3) is 0 Å². The largest absolute Gasteiger partial charge is 0.340 e. The molecule has 0 aromatic heterocycles. The molecule has 1 N–H and O–H groups in total. The van der Waals surface area contributed by atoms with Gasteiger partial charge in [-0.25, -0.2) is 0 Å². The highest BCUT2D eigenvalue weighted by molar-refractivity contribution is 6.34. The fraction of sp³-hybridized carbons (Fsp3) is 0.500. The van der Waals surface area contributed by atoms with Crippen molar-refractivity contribution in [3.05, 3.63) is 33.8 Å². The third-order valence-electron chi connectivity index (χ3n) is 3.52. The average molecular weight is 301 g/mol. The quantitative estimate of drug-likeness (QED) is 0.931. The fourth-order valence-electron chi connectivity index (χ4n) is 2.46. The third-order valence-corrected chi connectivity index (χ3v) is 3.95. The van der Waals surface area contributed by atoms with Gasteiger partial charge >= 0.3 is 0 Å². The number of nitrogens with zero attached hydrogens (tertiary/aromatic N) is 1. The van der Waals surface area contributed by atoms with Gasteiger partial charge in [0.05, 0.1) is 6.04 Å². The van der Waals surface area contributed by atoms with Crippen LogP contribution in [-0.2, 0) is 11.3 Å². The van der Waals surface area contributed by atoms with E-state index in [-0.39, 0.29) is 11.9 Å². The second-order valence-corrected chi connectivity index (χ2v) is 6.04. The highest BCUT2D eigenvalue weighted by Gasteiger charge is 2.31. The number of halogens is 2. The lowest BCUT2D eigenvalue weighted by Gasteiger charge is -2.23. The van der Waals surface area contributed by atoms with Gasteiger partial charge in [-0.1, -0.05) is 30.1 Å². The van der Waals surface area contributed by atoms with Crippen molar-refractivity contribution in [1.29, 1.82) is 0 Å². The number of hydrogen-bond acceptors (Lipinski definition) is 2. The molecular formula is C14H18Cl2N2O. The van der Waals surface area contributed by atoms with Crippen LogP contribution in [0.4, 0.5) is 0 Å². The molecule has 104 valence electrons. The highest BCUT2D eigenvalue weighted by Crippen LogP contribution is 2.21. The van der Waals surface area contributed by atoms with Crippen LogP contribution in [0.15, 0.2) is 18.2 Å². The molecule has 0 aliphatic carbocycles. The predicted molar refractivity (Wildman–Crippen MR) is 78.5 cm³/mol. The monoisotopic (exact) mass is 300 g/mol. The Morgan fingerprint density at radius 2 is 2.00 bits per heavy atom. The molecule has 2 atom stereocenters. The maximum absolute atomic E-state index is 12.3. The molecule has 1 aliphatic heterocycles. The van der Waals surface area contributed by atoms with Crippen molar-refractivity contribution in [3.8, 4) is 0 Å². The molecule has 19 heavy (non-hydrogen) atoms. The summed E-state index contributed by atoms with van der Waals surface area (Å²) in [5.74, 6) is 0.513. The van der Waals surface area contributed by atoms with E-state index in [1.54, 1.807) is 11.0 Å². The van der Waals surface area contributed by atoms with E-state index >= 15 is 0 Å². The van der Waals surface area contributed by atoms with E-state index in [1.807, 2.05) is 19.2 Å². The summed E-state index contributed by atoms with van der Waals surface area (Å²) in [4.78, 5) is 14.1. The number of likely N-dealkylation sites (N-methyl/N-ethyl adjacent to an activating group) is 1. The van der Waals surface area contributed by atoms with Gasteiger partial charge in [0.1, 0.15) is 0 Å². The second-order valence-electron chi connectivity index (χ2n) is 5.17. The number of carbonyl (C=O) groups excluding carboxylic acids is 1. The summed E-state index contributed by atoms with van der Waals surface area (Å²) in [6, 6.07) is 5.29. The molecule has 0 spiro atoms. The molecule has 0 bridgehead atoms. The lowest BCUT2D eigenvalue weighted by Crippen LogP contribution is -2.43. The maximum atomic E-state index is 12.3. The Bertz CT molecular complexity index is 458. The Balaban J connectivity index is 2.03. The van der Waals surface area contributed by atoms with Gasteiger partial charge in [-0.2, -0.15) is 0 Å². The van der Waals surface area contributed by atoms with Crippen molar-refractivity contribution in [2.45, 2.75) is 25.9 Å². The minimum absolute atomic E-state index is 0.0698. The SMILES string of the molecule is CC1CCNC1C(=O)N(C)Cc1cc(Cl)cc(Cl)c1. The van der Waals surface area contributed by atoms with Gasteiger partial charge in [-0.3, -0.25) is 4.79 Å². The molecule has 3 nitrogen and oxygen atoms in total. The average Bonchev–Trinajstić information content (AvgIpc) is 2.73. The summed E-state index contributed by atoms with van der Waals surface area (Å²) in [6.07, 6.45) is 1.05. The Morgan fingerprint density at radius 3 is 2.53 bits per heavy atom. The summed E-state index contributed by atoms with van der Waals surface area (Å²) < 4.78 is 0.